The minimum Gasteiger partial charge on any atom is -0.490 e. The molecule has 6 heteroatoms. The second-order valence-electron chi connectivity index (χ2n) is 7.28. The number of carbonyl (C=O) groups is 2. The predicted molar refractivity (Wildman–Crippen MR) is 104 cm³/mol. The summed E-state index contributed by atoms with van der Waals surface area (Å²) >= 11 is 0. The van der Waals surface area contributed by atoms with E-state index in [1.165, 1.54) is 6.92 Å². The molecule has 0 spiro atoms. The summed E-state index contributed by atoms with van der Waals surface area (Å²) in [6.07, 6.45) is 4.29. The van der Waals surface area contributed by atoms with Crippen LogP contribution in [0.1, 0.15) is 64.7 Å². The topological polar surface area (TPSA) is 80.6 Å². The molecule has 1 aliphatic carbocycles. The summed E-state index contributed by atoms with van der Waals surface area (Å²) in [5.74, 6) is 1.04. The predicted octanol–water partition coefficient (Wildman–Crippen LogP) is 3.85. The largest absolute Gasteiger partial charge is 0.490 e. The number of amides is 2. The van der Waals surface area contributed by atoms with Crippen molar-refractivity contribution in [2.75, 3.05) is 6.61 Å². The molecule has 2 aromatic rings. The summed E-state index contributed by atoms with van der Waals surface area (Å²) in [6, 6.07) is 7.36. The molecule has 0 aliphatic heterocycles. The van der Waals surface area contributed by atoms with Crippen LogP contribution in [0, 0.1) is 0 Å². The van der Waals surface area contributed by atoms with Gasteiger partial charge in [-0.15, -0.1) is 0 Å². The maximum Gasteiger partial charge on any atom is 0.246 e. The highest BCUT2D eigenvalue weighted by Crippen LogP contribution is 2.33. The fourth-order valence-corrected chi connectivity index (χ4v) is 3.85. The highest BCUT2D eigenvalue weighted by atomic mass is 16.5. The number of fused-ring (bicyclic) bond motifs is 1. The second-order valence-corrected chi connectivity index (χ2v) is 7.28. The monoisotopic (exact) mass is 372 g/mol. The summed E-state index contributed by atoms with van der Waals surface area (Å²) < 4.78 is 11.6. The van der Waals surface area contributed by atoms with Crippen LogP contribution in [-0.4, -0.2) is 24.0 Å². The molecule has 1 heterocycles. The van der Waals surface area contributed by atoms with Crippen LogP contribution in [0.5, 0.6) is 5.75 Å². The average Bonchev–Trinajstić information content (AvgIpc) is 3.07. The molecule has 1 aliphatic rings. The molecule has 0 bridgehead atoms. The minimum atomic E-state index is -0.819. The lowest BCUT2D eigenvalue weighted by atomic mass is 9.80. The van der Waals surface area contributed by atoms with Gasteiger partial charge < -0.3 is 19.8 Å². The third-order valence-corrected chi connectivity index (χ3v) is 5.16. The van der Waals surface area contributed by atoms with E-state index in [1.54, 1.807) is 0 Å². The van der Waals surface area contributed by atoms with Gasteiger partial charge in [-0.3, -0.25) is 9.59 Å². The molecule has 1 saturated carbocycles. The van der Waals surface area contributed by atoms with Crippen molar-refractivity contribution in [1.29, 1.82) is 0 Å². The number of hydrogen-bond donors (Lipinski definition) is 2. The van der Waals surface area contributed by atoms with E-state index < -0.39 is 5.54 Å². The van der Waals surface area contributed by atoms with Gasteiger partial charge in [-0.1, -0.05) is 31.4 Å². The van der Waals surface area contributed by atoms with Crippen LogP contribution in [0.15, 0.2) is 28.7 Å². The summed E-state index contributed by atoms with van der Waals surface area (Å²) in [5.41, 5.74) is -0.134. The van der Waals surface area contributed by atoms with Gasteiger partial charge in [0.25, 0.3) is 0 Å². The molecule has 146 valence electrons. The van der Waals surface area contributed by atoms with Gasteiger partial charge in [0.15, 0.2) is 11.3 Å². The normalized spacial score (nSPS) is 17.3. The van der Waals surface area contributed by atoms with Gasteiger partial charge in [0.1, 0.15) is 11.3 Å². The van der Waals surface area contributed by atoms with Gasteiger partial charge in [0, 0.05) is 12.3 Å². The zero-order chi connectivity index (χ0) is 19.4. The van der Waals surface area contributed by atoms with Crippen molar-refractivity contribution < 1.29 is 18.7 Å². The number of nitrogens with one attached hydrogen (secondary N) is 2. The van der Waals surface area contributed by atoms with Crippen LogP contribution < -0.4 is 15.4 Å². The number of ether oxygens (including phenoxy) is 1. The van der Waals surface area contributed by atoms with Crippen molar-refractivity contribution in [3.63, 3.8) is 0 Å². The molecule has 27 heavy (non-hydrogen) atoms. The maximum absolute atomic E-state index is 13.0. The molecule has 0 radical (unpaired) electrons. The van der Waals surface area contributed by atoms with Crippen LogP contribution in [-0.2, 0) is 9.59 Å². The average molecular weight is 372 g/mol. The minimum absolute atomic E-state index is 0.143. The van der Waals surface area contributed by atoms with Crippen molar-refractivity contribution >= 4 is 22.8 Å². The standard InChI is InChI=1S/C21H28N2O4/c1-4-26-17-10-8-9-16-13-18(27-19(16)17)14(2)22-20(25)21(23-15(3)24)11-6-5-7-12-21/h8-10,13-14H,4-7,11-12H2,1-3H3,(H,22,25)(H,23,24). The van der Waals surface area contributed by atoms with Crippen molar-refractivity contribution in [3.05, 3.63) is 30.0 Å². The van der Waals surface area contributed by atoms with Crippen molar-refractivity contribution in [2.24, 2.45) is 0 Å². The third-order valence-electron chi connectivity index (χ3n) is 5.16. The molecule has 0 saturated heterocycles. The van der Waals surface area contributed by atoms with Gasteiger partial charge in [-0.05, 0) is 38.8 Å². The van der Waals surface area contributed by atoms with E-state index >= 15 is 0 Å². The van der Waals surface area contributed by atoms with Crippen LogP contribution >= 0.6 is 0 Å². The molecule has 1 unspecified atom stereocenters. The fourth-order valence-electron chi connectivity index (χ4n) is 3.85. The molecule has 2 amide bonds. The fraction of sp³-hybridized carbons (Fsp3) is 0.524. The summed E-state index contributed by atoms with van der Waals surface area (Å²) in [5, 5.41) is 6.88. The number of rotatable bonds is 6. The first-order valence-electron chi connectivity index (χ1n) is 9.70. The first-order valence-corrected chi connectivity index (χ1v) is 9.70. The van der Waals surface area contributed by atoms with Gasteiger partial charge in [0.2, 0.25) is 11.8 Å². The second kappa shape index (κ2) is 8.03. The quantitative estimate of drug-likeness (QED) is 0.807. The lowest BCUT2D eigenvalue weighted by Crippen LogP contribution is -2.59. The number of carbonyl (C=O) groups excluding carboxylic acids is 2. The molecule has 6 nitrogen and oxygen atoms in total. The maximum atomic E-state index is 13.0. The highest BCUT2D eigenvalue weighted by molar-refractivity contribution is 5.91. The SMILES string of the molecule is CCOc1cccc2cc(C(C)NC(=O)C3(NC(C)=O)CCCCC3)oc12. The van der Waals surface area contributed by atoms with Crippen molar-refractivity contribution in [2.45, 2.75) is 64.5 Å². The van der Waals surface area contributed by atoms with E-state index in [-0.39, 0.29) is 17.9 Å². The Balaban J connectivity index is 1.80. The third kappa shape index (κ3) is 4.10. The molecular formula is C21H28N2O4. The Kier molecular flexibility index (Phi) is 5.73. The number of hydrogen-bond acceptors (Lipinski definition) is 4. The number of furan rings is 1. The summed E-state index contributed by atoms with van der Waals surface area (Å²) in [4.78, 5) is 24.7. The zero-order valence-electron chi connectivity index (χ0n) is 16.3. The Morgan fingerprint density at radius 3 is 2.67 bits per heavy atom. The summed E-state index contributed by atoms with van der Waals surface area (Å²) in [6.45, 7) is 5.83. The first kappa shape index (κ1) is 19.3. The van der Waals surface area contributed by atoms with Crippen LogP contribution in [0.25, 0.3) is 11.0 Å². The van der Waals surface area contributed by atoms with Gasteiger partial charge in [-0.25, -0.2) is 0 Å². The lowest BCUT2D eigenvalue weighted by Gasteiger charge is -2.37. The van der Waals surface area contributed by atoms with Gasteiger partial charge >= 0.3 is 0 Å². The van der Waals surface area contributed by atoms with Crippen LogP contribution in [0.2, 0.25) is 0 Å². The number of para-hydroxylation sites is 1. The van der Waals surface area contributed by atoms with Gasteiger partial charge in [-0.2, -0.15) is 0 Å². The van der Waals surface area contributed by atoms with E-state index in [0.717, 1.165) is 24.6 Å². The first-order chi connectivity index (χ1) is 12.9. The van der Waals surface area contributed by atoms with Crippen LogP contribution in [0.3, 0.4) is 0 Å². The molecule has 1 fully saturated rings. The number of benzene rings is 1. The van der Waals surface area contributed by atoms with E-state index in [9.17, 15) is 9.59 Å². The highest BCUT2D eigenvalue weighted by Gasteiger charge is 2.40. The Labute approximate surface area is 159 Å². The lowest BCUT2D eigenvalue weighted by molar-refractivity contribution is -0.134. The van der Waals surface area contributed by atoms with Gasteiger partial charge in [0.05, 0.1) is 12.6 Å². The summed E-state index contributed by atoms with van der Waals surface area (Å²) in [7, 11) is 0. The van der Waals surface area contributed by atoms with Crippen molar-refractivity contribution in [3.8, 4) is 5.75 Å². The molecular weight excluding hydrogens is 344 g/mol. The van der Waals surface area contributed by atoms with E-state index in [4.69, 9.17) is 9.15 Å². The molecule has 1 aromatic carbocycles. The Bertz CT molecular complexity index is 821. The molecule has 1 atom stereocenters. The van der Waals surface area contributed by atoms with E-state index in [1.807, 2.05) is 38.1 Å². The molecule has 1 aromatic heterocycles. The van der Waals surface area contributed by atoms with E-state index in [2.05, 4.69) is 10.6 Å². The van der Waals surface area contributed by atoms with Crippen molar-refractivity contribution in [1.82, 2.24) is 10.6 Å². The Morgan fingerprint density at radius 2 is 2.00 bits per heavy atom. The zero-order valence-corrected chi connectivity index (χ0v) is 16.3. The smallest absolute Gasteiger partial charge is 0.246 e. The Hall–Kier alpha value is -2.50. The molecule has 3 rings (SSSR count). The Morgan fingerprint density at radius 1 is 1.26 bits per heavy atom. The van der Waals surface area contributed by atoms with Crippen LogP contribution in [0.4, 0.5) is 0 Å². The molecule has 2 N–H and O–H groups in total. The van der Waals surface area contributed by atoms with E-state index in [0.29, 0.717) is 36.5 Å².